The summed E-state index contributed by atoms with van der Waals surface area (Å²) in [6.45, 7) is 1.56. The van der Waals surface area contributed by atoms with Gasteiger partial charge in [0.05, 0.1) is 10.6 Å². The predicted molar refractivity (Wildman–Crippen MR) is 80.4 cm³/mol. The highest BCUT2D eigenvalue weighted by atomic mass is 35.5. The molecule has 1 saturated heterocycles. The van der Waals surface area contributed by atoms with Crippen molar-refractivity contribution in [2.75, 3.05) is 19.0 Å². The summed E-state index contributed by atoms with van der Waals surface area (Å²) < 4.78 is 0. The lowest BCUT2D eigenvalue weighted by atomic mass is 9.95. The van der Waals surface area contributed by atoms with Gasteiger partial charge in [-0.3, -0.25) is 4.79 Å². The molecule has 1 fully saturated rings. The minimum Gasteiger partial charge on any atom is -0.338 e. The van der Waals surface area contributed by atoms with E-state index in [0.717, 1.165) is 32.4 Å². The molecule has 1 aliphatic rings. The maximum atomic E-state index is 12.4. The molecule has 19 heavy (non-hydrogen) atoms. The van der Waals surface area contributed by atoms with Crippen molar-refractivity contribution in [1.82, 2.24) is 4.90 Å². The molecule has 0 spiro atoms. The summed E-state index contributed by atoms with van der Waals surface area (Å²) in [7, 11) is 0. The summed E-state index contributed by atoms with van der Waals surface area (Å²) in [6, 6.07) is 5.00. The number of hydrogen-bond donors (Lipinski definition) is 0. The molecule has 1 atom stereocenters. The van der Waals surface area contributed by atoms with Crippen LogP contribution in [0.25, 0.3) is 0 Å². The number of hydrogen-bond acceptors (Lipinski definition) is 1. The molecular weight excluding hydrogens is 305 g/mol. The fourth-order valence-corrected chi connectivity index (χ4v) is 3.27. The Morgan fingerprint density at radius 3 is 2.84 bits per heavy atom. The Morgan fingerprint density at radius 1 is 1.37 bits per heavy atom. The molecular formula is C14H16Cl3NO. The number of benzene rings is 1. The Kier molecular flexibility index (Phi) is 5.37. The van der Waals surface area contributed by atoms with Crippen LogP contribution in [0.3, 0.4) is 0 Å². The normalized spacial score (nSPS) is 19.5. The van der Waals surface area contributed by atoms with Gasteiger partial charge in [-0.1, -0.05) is 23.2 Å². The van der Waals surface area contributed by atoms with Crippen molar-refractivity contribution in [3.8, 4) is 0 Å². The van der Waals surface area contributed by atoms with Gasteiger partial charge in [0.1, 0.15) is 0 Å². The first-order valence-corrected chi connectivity index (χ1v) is 7.71. The second kappa shape index (κ2) is 6.83. The quantitative estimate of drug-likeness (QED) is 0.752. The minimum atomic E-state index is -0.0130. The summed E-state index contributed by atoms with van der Waals surface area (Å²) in [5.41, 5.74) is 0.526. The van der Waals surface area contributed by atoms with E-state index in [-0.39, 0.29) is 5.91 Å². The van der Waals surface area contributed by atoms with E-state index in [0.29, 0.717) is 27.4 Å². The highest BCUT2D eigenvalue weighted by Crippen LogP contribution is 2.26. The largest absolute Gasteiger partial charge is 0.338 e. The van der Waals surface area contributed by atoms with Crippen LogP contribution < -0.4 is 0 Å². The van der Waals surface area contributed by atoms with E-state index in [4.69, 9.17) is 34.8 Å². The van der Waals surface area contributed by atoms with Crippen LogP contribution in [0.4, 0.5) is 0 Å². The summed E-state index contributed by atoms with van der Waals surface area (Å²) in [4.78, 5) is 14.3. The van der Waals surface area contributed by atoms with Crippen LogP contribution in [-0.2, 0) is 0 Å². The molecule has 1 aliphatic heterocycles. The van der Waals surface area contributed by atoms with Crippen molar-refractivity contribution in [3.63, 3.8) is 0 Å². The van der Waals surface area contributed by atoms with Crippen LogP contribution in [0, 0.1) is 5.92 Å². The van der Waals surface area contributed by atoms with Gasteiger partial charge in [-0.15, -0.1) is 11.6 Å². The molecule has 0 aromatic heterocycles. The van der Waals surface area contributed by atoms with Gasteiger partial charge in [0.15, 0.2) is 0 Å². The van der Waals surface area contributed by atoms with Crippen LogP contribution in [0.2, 0.25) is 10.0 Å². The molecule has 2 rings (SSSR count). The summed E-state index contributed by atoms with van der Waals surface area (Å²) in [6.07, 6.45) is 3.13. The third-order valence-electron chi connectivity index (χ3n) is 3.49. The Labute approximate surface area is 128 Å². The molecule has 5 heteroatoms. The number of rotatable bonds is 3. The van der Waals surface area contributed by atoms with Crippen LogP contribution >= 0.6 is 34.8 Å². The van der Waals surface area contributed by atoms with E-state index in [1.807, 2.05) is 4.90 Å². The van der Waals surface area contributed by atoms with Crippen molar-refractivity contribution in [3.05, 3.63) is 33.8 Å². The second-order valence-corrected chi connectivity index (χ2v) is 6.08. The van der Waals surface area contributed by atoms with Gasteiger partial charge in [0.2, 0.25) is 0 Å². The average molecular weight is 321 g/mol. The Morgan fingerprint density at radius 2 is 2.16 bits per heavy atom. The van der Waals surface area contributed by atoms with Crippen molar-refractivity contribution in [1.29, 1.82) is 0 Å². The highest BCUT2D eigenvalue weighted by Gasteiger charge is 2.25. The minimum absolute atomic E-state index is 0.0130. The maximum Gasteiger partial charge on any atom is 0.255 e. The van der Waals surface area contributed by atoms with E-state index in [1.165, 1.54) is 0 Å². The number of alkyl halides is 1. The van der Waals surface area contributed by atoms with Gasteiger partial charge >= 0.3 is 0 Å². The lowest BCUT2D eigenvalue weighted by Gasteiger charge is -2.32. The van der Waals surface area contributed by atoms with Gasteiger partial charge in [0, 0.05) is 24.0 Å². The van der Waals surface area contributed by atoms with Crippen molar-refractivity contribution >= 4 is 40.7 Å². The van der Waals surface area contributed by atoms with Crippen molar-refractivity contribution in [2.24, 2.45) is 5.92 Å². The lowest BCUT2D eigenvalue weighted by Crippen LogP contribution is -2.40. The first-order chi connectivity index (χ1) is 9.11. The second-order valence-electron chi connectivity index (χ2n) is 4.86. The number of halogens is 3. The average Bonchev–Trinajstić information content (AvgIpc) is 2.39. The SMILES string of the molecule is O=C(c1ccc(Cl)cc1Cl)N1CCCC(CCCl)C1. The number of piperidine rings is 1. The predicted octanol–water partition coefficient (Wildman–Crippen LogP) is 4.47. The third-order valence-corrected chi connectivity index (χ3v) is 4.25. The molecule has 0 radical (unpaired) electrons. The van der Waals surface area contributed by atoms with E-state index in [9.17, 15) is 4.79 Å². The number of likely N-dealkylation sites (tertiary alicyclic amines) is 1. The molecule has 1 heterocycles. The molecule has 2 nitrogen and oxygen atoms in total. The fourth-order valence-electron chi connectivity index (χ4n) is 2.47. The van der Waals surface area contributed by atoms with Gasteiger partial charge < -0.3 is 4.90 Å². The Hall–Kier alpha value is -0.440. The van der Waals surface area contributed by atoms with E-state index < -0.39 is 0 Å². The first kappa shape index (κ1) is 15.0. The van der Waals surface area contributed by atoms with Gasteiger partial charge in [-0.05, 0) is 43.4 Å². The number of nitrogens with zero attached hydrogens (tertiary/aromatic N) is 1. The standard InChI is InChI=1S/C14H16Cl3NO/c15-6-5-10-2-1-7-18(9-10)14(19)12-4-3-11(16)8-13(12)17/h3-4,8,10H,1-2,5-7,9H2. The summed E-state index contributed by atoms with van der Waals surface area (Å²) >= 11 is 17.7. The zero-order valence-electron chi connectivity index (χ0n) is 10.5. The number of carbonyl (C=O) groups is 1. The van der Waals surface area contributed by atoms with E-state index in [2.05, 4.69) is 0 Å². The molecule has 1 unspecified atom stereocenters. The van der Waals surface area contributed by atoms with Crippen molar-refractivity contribution < 1.29 is 4.79 Å². The topological polar surface area (TPSA) is 20.3 Å². The lowest BCUT2D eigenvalue weighted by molar-refractivity contribution is 0.0672. The van der Waals surface area contributed by atoms with Crippen LogP contribution in [0.15, 0.2) is 18.2 Å². The van der Waals surface area contributed by atoms with E-state index in [1.54, 1.807) is 18.2 Å². The Bertz CT molecular complexity index is 462. The zero-order valence-corrected chi connectivity index (χ0v) is 12.8. The van der Waals surface area contributed by atoms with Gasteiger partial charge in [-0.2, -0.15) is 0 Å². The summed E-state index contributed by atoms with van der Waals surface area (Å²) in [5, 5.41) is 0.956. The third kappa shape index (κ3) is 3.77. The monoisotopic (exact) mass is 319 g/mol. The molecule has 1 aromatic carbocycles. The molecule has 1 aromatic rings. The molecule has 0 aliphatic carbocycles. The molecule has 0 bridgehead atoms. The van der Waals surface area contributed by atoms with Crippen LogP contribution in [-0.4, -0.2) is 29.8 Å². The van der Waals surface area contributed by atoms with Gasteiger partial charge in [-0.25, -0.2) is 0 Å². The number of amides is 1. The fraction of sp³-hybridized carbons (Fsp3) is 0.500. The first-order valence-electron chi connectivity index (χ1n) is 6.42. The maximum absolute atomic E-state index is 12.4. The van der Waals surface area contributed by atoms with Crippen LogP contribution in [0.1, 0.15) is 29.6 Å². The summed E-state index contributed by atoms with van der Waals surface area (Å²) in [5.74, 6) is 1.14. The number of carbonyl (C=O) groups excluding carboxylic acids is 1. The Balaban J connectivity index is 2.10. The molecule has 104 valence electrons. The van der Waals surface area contributed by atoms with Crippen molar-refractivity contribution in [2.45, 2.75) is 19.3 Å². The smallest absolute Gasteiger partial charge is 0.255 e. The molecule has 0 saturated carbocycles. The molecule has 1 amide bonds. The highest BCUT2D eigenvalue weighted by molar-refractivity contribution is 6.36. The molecule has 0 N–H and O–H groups in total. The van der Waals surface area contributed by atoms with Gasteiger partial charge in [0.25, 0.3) is 5.91 Å². The van der Waals surface area contributed by atoms with Crippen LogP contribution in [0.5, 0.6) is 0 Å². The van der Waals surface area contributed by atoms with E-state index >= 15 is 0 Å². The zero-order chi connectivity index (χ0) is 13.8.